The maximum Gasteiger partial charge on any atom is 0.174 e. The van der Waals surface area contributed by atoms with Crippen LogP contribution < -0.4 is 0 Å². The molecule has 0 atom stereocenters. The van der Waals surface area contributed by atoms with Gasteiger partial charge in [0.05, 0.1) is 11.8 Å². The maximum atomic E-state index is 9.45. The molecule has 0 bridgehead atoms. The summed E-state index contributed by atoms with van der Waals surface area (Å²) in [5, 5.41) is 23.2. The van der Waals surface area contributed by atoms with Gasteiger partial charge in [-0.3, -0.25) is 0 Å². The summed E-state index contributed by atoms with van der Waals surface area (Å²) >= 11 is 0. The average Bonchev–Trinajstić information content (AvgIpc) is 3.11. The van der Waals surface area contributed by atoms with Crippen molar-refractivity contribution in [1.29, 1.82) is 10.5 Å². The molecule has 0 amide bonds. The number of nitrogens with zero attached hydrogens (tertiary/aromatic N) is 5. The van der Waals surface area contributed by atoms with E-state index in [0.717, 1.165) is 11.4 Å². The normalized spacial score (nSPS) is 11.4. The van der Waals surface area contributed by atoms with Gasteiger partial charge in [0.25, 0.3) is 0 Å². The average molecular weight is 289 g/mol. The van der Waals surface area contributed by atoms with Crippen LogP contribution in [0.3, 0.4) is 0 Å². The van der Waals surface area contributed by atoms with Crippen molar-refractivity contribution in [2.75, 3.05) is 0 Å². The molecule has 0 fully saturated rings. The van der Waals surface area contributed by atoms with Gasteiger partial charge >= 0.3 is 0 Å². The minimum absolute atomic E-state index is 0.258. The van der Waals surface area contributed by atoms with Crippen LogP contribution in [-0.2, 0) is 0 Å². The molecule has 0 N–H and O–H groups in total. The van der Waals surface area contributed by atoms with Crippen molar-refractivity contribution in [2.45, 2.75) is 13.8 Å². The Morgan fingerprint density at radius 3 is 2.82 bits per heavy atom. The lowest BCUT2D eigenvalue weighted by Crippen LogP contribution is -1.97. The molecule has 6 nitrogen and oxygen atoms in total. The van der Waals surface area contributed by atoms with Crippen molar-refractivity contribution < 1.29 is 4.42 Å². The Bertz CT molecular complexity index is 965. The first-order valence-electron chi connectivity index (χ1n) is 6.57. The van der Waals surface area contributed by atoms with Crippen LogP contribution in [0.1, 0.15) is 28.4 Å². The van der Waals surface area contributed by atoms with E-state index < -0.39 is 0 Å². The fraction of sp³-hybridized carbons (Fsp3) is 0.125. The van der Waals surface area contributed by atoms with Gasteiger partial charge in [-0.2, -0.15) is 15.6 Å². The van der Waals surface area contributed by atoms with Crippen LogP contribution in [0.25, 0.3) is 17.3 Å². The lowest BCUT2D eigenvalue weighted by atomic mass is 10.1. The first-order chi connectivity index (χ1) is 10.6. The molecule has 0 aromatic carbocycles. The number of aromatic nitrogens is 3. The summed E-state index contributed by atoms with van der Waals surface area (Å²) in [6.07, 6.45) is 3.08. The van der Waals surface area contributed by atoms with Crippen molar-refractivity contribution in [3.05, 3.63) is 52.9 Å². The van der Waals surface area contributed by atoms with Crippen LogP contribution >= 0.6 is 0 Å². The van der Waals surface area contributed by atoms with Crippen molar-refractivity contribution in [3.63, 3.8) is 0 Å². The zero-order valence-corrected chi connectivity index (χ0v) is 12.0. The third-order valence-electron chi connectivity index (χ3n) is 3.21. The minimum atomic E-state index is 0.258. The van der Waals surface area contributed by atoms with Crippen molar-refractivity contribution in [2.24, 2.45) is 0 Å². The van der Waals surface area contributed by atoms with E-state index in [1.165, 1.54) is 6.26 Å². The summed E-state index contributed by atoms with van der Waals surface area (Å²) in [6, 6.07) is 9.50. The number of furan rings is 1. The second kappa shape index (κ2) is 5.19. The van der Waals surface area contributed by atoms with E-state index in [1.54, 1.807) is 22.7 Å². The number of nitriles is 2. The van der Waals surface area contributed by atoms with Crippen molar-refractivity contribution in [3.8, 4) is 12.1 Å². The second-order valence-corrected chi connectivity index (χ2v) is 4.79. The third kappa shape index (κ3) is 2.13. The topological polar surface area (TPSA) is 90.9 Å². The summed E-state index contributed by atoms with van der Waals surface area (Å²) in [4.78, 5) is 4.36. The second-order valence-electron chi connectivity index (χ2n) is 4.79. The quantitative estimate of drug-likeness (QED) is 0.676. The van der Waals surface area contributed by atoms with E-state index >= 15 is 0 Å². The zero-order chi connectivity index (χ0) is 15.7. The lowest BCUT2D eigenvalue weighted by Gasteiger charge is -1.99. The Morgan fingerprint density at radius 2 is 2.18 bits per heavy atom. The minimum Gasteiger partial charge on any atom is -0.465 e. The standard InChI is InChI=1S/C16H11N5O/c1-10-6-11(2)21-16(19-10)14(9-18)15(20-21)12(8-17)7-13-4-3-5-22-13/h3-7H,1-2H3/b12-7+. The molecule has 22 heavy (non-hydrogen) atoms. The molecule has 3 rings (SSSR count). The molecule has 0 aliphatic carbocycles. The van der Waals surface area contributed by atoms with Crippen LogP contribution in [0.5, 0.6) is 0 Å². The van der Waals surface area contributed by atoms with Gasteiger partial charge in [-0.1, -0.05) is 0 Å². The summed E-state index contributed by atoms with van der Waals surface area (Å²) in [5.74, 6) is 0.526. The van der Waals surface area contributed by atoms with Gasteiger partial charge in [-0.25, -0.2) is 9.50 Å². The number of allylic oxidation sites excluding steroid dienone is 1. The molecular weight excluding hydrogens is 278 g/mol. The molecule has 0 radical (unpaired) electrons. The van der Waals surface area contributed by atoms with E-state index in [2.05, 4.69) is 22.2 Å². The van der Waals surface area contributed by atoms with Crippen molar-refractivity contribution in [1.82, 2.24) is 14.6 Å². The fourth-order valence-electron chi connectivity index (χ4n) is 2.28. The van der Waals surface area contributed by atoms with Crippen LogP contribution in [-0.4, -0.2) is 14.6 Å². The van der Waals surface area contributed by atoms with Gasteiger partial charge in [-0.15, -0.1) is 0 Å². The molecule has 106 valence electrons. The Kier molecular flexibility index (Phi) is 3.21. The van der Waals surface area contributed by atoms with Gasteiger partial charge in [0.15, 0.2) is 5.65 Å². The molecule has 0 spiro atoms. The Balaban J connectivity index is 2.29. The summed E-state index contributed by atoms with van der Waals surface area (Å²) < 4.78 is 6.79. The molecule has 6 heteroatoms. The number of hydrogen-bond donors (Lipinski definition) is 0. The SMILES string of the molecule is Cc1cc(C)n2nc(/C(C#N)=C/c3ccco3)c(C#N)c2n1. The number of hydrogen-bond acceptors (Lipinski definition) is 5. The van der Waals surface area contributed by atoms with Crippen LogP contribution in [0, 0.1) is 36.5 Å². The largest absolute Gasteiger partial charge is 0.465 e. The highest BCUT2D eigenvalue weighted by Crippen LogP contribution is 2.24. The summed E-state index contributed by atoms with van der Waals surface area (Å²) in [6.45, 7) is 3.73. The van der Waals surface area contributed by atoms with Crippen LogP contribution in [0.2, 0.25) is 0 Å². The highest BCUT2D eigenvalue weighted by Gasteiger charge is 2.19. The van der Waals surface area contributed by atoms with E-state index in [1.807, 2.05) is 19.9 Å². The van der Waals surface area contributed by atoms with Crippen LogP contribution in [0.15, 0.2) is 28.9 Å². The Labute approximate surface area is 126 Å². The Hall–Kier alpha value is -3.38. The molecule has 0 aliphatic rings. The predicted molar refractivity (Wildman–Crippen MR) is 79.4 cm³/mol. The molecule has 0 aliphatic heterocycles. The third-order valence-corrected chi connectivity index (χ3v) is 3.21. The first-order valence-corrected chi connectivity index (χ1v) is 6.57. The summed E-state index contributed by atoms with van der Waals surface area (Å²) in [5.41, 5.74) is 2.94. The highest BCUT2D eigenvalue weighted by molar-refractivity contribution is 5.91. The van der Waals surface area contributed by atoms with Crippen molar-refractivity contribution >= 4 is 17.3 Å². The molecule has 3 heterocycles. The zero-order valence-electron chi connectivity index (χ0n) is 12.0. The predicted octanol–water partition coefficient (Wildman–Crippen LogP) is 2.88. The highest BCUT2D eigenvalue weighted by atomic mass is 16.3. The van der Waals surface area contributed by atoms with E-state index in [4.69, 9.17) is 4.42 Å². The van der Waals surface area contributed by atoms with E-state index in [-0.39, 0.29) is 11.1 Å². The number of fused-ring (bicyclic) bond motifs is 1. The smallest absolute Gasteiger partial charge is 0.174 e. The number of aryl methyl sites for hydroxylation is 2. The Morgan fingerprint density at radius 1 is 1.36 bits per heavy atom. The molecule has 3 aromatic heterocycles. The molecular formula is C16H11N5O. The van der Waals surface area contributed by atoms with Crippen LogP contribution in [0.4, 0.5) is 0 Å². The number of rotatable bonds is 2. The van der Waals surface area contributed by atoms with E-state index in [9.17, 15) is 10.5 Å². The molecule has 0 saturated carbocycles. The summed E-state index contributed by atoms with van der Waals surface area (Å²) in [7, 11) is 0. The molecule has 0 saturated heterocycles. The molecule has 0 unspecified atom stereocenters. The van der Waals surface area contributed by atoms with Gasteiger partial charge in [0, 0.05) is 17.5 Å². The van der Waals surface area contributed by atoms with Gasteiger partial charge in [0.2, 0.25) is 0 Å². The monoisotopic (exact) mass is 289 g/mol. The fourth-order valence-corrected chi connectivity index (χ4v) is 2.28. The lowest BCUT2D eigenvalue weighted by molar-refractivity contribution is 0.557. The van der Waals surface area contributed by atoms with Gasteiger partial charge in [-0.05, 0) is 32.0 Å². The maximum absolute atomic E-state index is 9.45. The van der Waals surface area contributed by atoms with Gasteiger partial charge < -0.3 is 4.42 Å². The molecule has 3 aromatic rings. The van der Waals surface area contributed by atoms with Gasteiger partial charge in [0.1, 0.15) is 29.2 Å². The first kappa shape index (κ1) is 13.6. The van der Waals surface area contributed by atoms with E-state index in [0.29, 0.717) is 17.1 Å².